The Morgan fingerprint density at radius 2 is 1.71 bits per heavy atom. The fourth-order valence-electron chi connectivity index (χ4n) is 3.16. The van der Waals surface area contributed by atoms with E-state index < -0.39 is 11.8 Å². The Labute approximate surface area is 211 Å². The number of amides is 2. The van der Waals surface area contributed by atoms with Gasteiger partial charge in [-0.15, -0.1) is 0 Å². The summed E-state index contributed by atoms with van der Waals surface area (Å²) in [6.07, 6.45) is 3.19. The van der Waals surface area contributed by atoms with E-state index in [0.717, 1.165) is 11.3 Å². The maximum Gasteiger partial charge on any atom is 0.329 e. The number of carbonyl (C=O) groups is 2. The van der Waals surface area contributed by atoms with Crippen LogP contribution < -0.4 is 15.5 Å². The lowest BCUT2D eigenvalue weighted by Crippen LogP contribution is -2.32. The van der Waals surface area contributed by atoms with Gasteiger partial charge in [-0.25, -0.2) is 10.1 Å². The fraction of sp³-hybridized carbons (Fsp3) is 0.0400. The van der Waals surface area contributed by atoms with Crippen LogP contribution in [0.25, 0.3) is 16.9 Å². The van der Waals surface area contributed by atoms with Crippen LogP contribution in [0, 0.1) is 0 Å². The standard InChI is InChI=1S/C25H19Cl2N5O3/c1-35-19-12-10-16(11-13-19)23-17(15-32(31-23)18-6-3-2-4-7-18)14-28-30-25(34)24(33)29-21-9-5-8-20(26)22(21)27/h2-15H,1H3,(H,29,33)(H,30,34)/b28-14-. The number of para-hydroxylation sites is 1. The highest BCUT2D eigenvalue weighted by Gasteiger charge is 2.16. The Kier molecular flexibility index (Phi) is 7.45. The molecule has 0 bridgehead atoms. The molecular weight excluding hydrogens is 489 g/mol. The highest BCUT2D eigenvalue weighted by atomic mass is 35.5. The maximum absolute atomic E-state index is 12.2. The van der Waals surface area contributed by atoms with E-state index in [9.17, 15) is 9.59 Å². The zero-order chi connectivity index (χ0) is 24.8. The normalized spacial score (nSPS) is 10.8. The van der Waals surface area contributed by atoms with Crippen molar-refractivity contribution in [3.8, 4) is 22.7 Å². The molecular formula is C25H19Cl2N5O3. The molecule has 1 heterocycles. The first-order valence-corrected chi connectivity index (χ1v) is 11.1. The summed E-state index contributed by atoms with van der Waals surface area (Å²) in [5.41, 5.74) is 5.36. The minimum absolute atomic E-state index is 0.135. The number of hydrazone groups is 1. The van der Waals surface area contributed by atoms with Crippen LogP contribution in [0.3, 0.4) is 0 Å². The van der Waals surface area contributed by atoms with Crippen molar-refractivity contribution in [2.45, 2.75) is 0 Å². The summed E-state index contributed by atoms with van der Waals surface area (Å²) in [5, 5.41) is 11.4. The number of benzene rings is 3. The molecule has 10 heteroatoms. The summed E-state index contributed by atoms with van der Waals surface area (Å²) >= 11 is 12.0. The summed E-state index contributed by atoms with van der Waals surface area (Å²) < 4.78 is 6.93. The summed E-state index contributed by atoms with van der Waals surface area (Å²) in [7, 11) is 1.59. The molecule has 2 N–H and O–H groups in total. The van der Waals surface area contributed by atoms with Crippen molar-refractivity contribution >= 4 is 46.9 Å². The first-order valence-electron chi connectivity index (χ1n) is 10.3. The minimum atomic E-state index is -0.973. The Hall–Kier alpha value is -4.14. The zero-order valence-corrected chi connectivity index (χ0v) is 19.9. The van der Waals surface area contributed by atoms with Crippen molar-refractivity contribution in [3.63, 3.8) is 0 Å². The molecule has 4 aromatic rings. The van der Waals surface area contributed by atoms with Gasteiger partial charge in [0.2, 0.25) is 0 Å². The number of hydrogen-bond acceptors (Lipinski definition) is 5. The molecule has 0 spiro atoms. The molecule has 0 aliphatic rings. The smallest absolute Gasteiger partial charge is 0.329 e. The van der Waals surface area contributed by atoms with E-state index in [1.165, 1.54) is 12.3 Å². The van der Waals surface area contributed by atoms with Gasteiger partial charge in [-0.1, -0.05) is 47.5 Å². The highest BCUT2D eigenvalue weighted by molar-refractivity contribution is 6.45. The lowest BCUT2D eigenvalue weighted by atomic mass is 10.1. The van der Waals surface area contributed by atoms with E-state index in [1.807, 2.05) is 54.6 Å². The van der Waals surface area contributed by atoms with Crippen LogP contribution in [-0.2, 0) is 9.59 Å². The summed E-state index contributed by atoms with van der Waals surface area (Å²) in [4.78, 5) is 24.5. The SMILES string of the molecule is COc1ccc(-c2nn(-c3ccccc3)cc2/C=N\NC(=O)C(=O)Nc2cccc(Cl)c2Cl)cc1. The predicted octanol–water partition coefficient (Wildman–Crippen LogP) is 4.94. The van der Waals surface area contributed by atoms with Gasteiger partial charge in [-0.05, 0) is 48.5 Å². The van der Waals surface area contributed by atoms with Crippen molar-refractivity contribution in [1.29, 1.82) is 0 Å². The molecule has 0 unspecified atom stereocenters. The van der Waals surface area contributed by atoms with Crippen LogP contribution in [0.4, 0.5) is 5.69 Å². The maximum atomic E-state index is 12.2. The highest BCUT2D eigenvalue weighted by Crippen LogP contribution is 2.29. The molecule has 3 aromatic carbocycles. The predicted molar refractivity (Wildman–Crippen MR) is 136 cm³/mol. The zero-order valence-electron chi connectivity index (χ0n) is 18.4. The van der Waals surface area contributed by atoms with E-state index in [1.54, 1.807) is 30.1 Å². The van der Waals surface area contributed by atoms with E-state index in [2.05, 4.69) is 20.9 Å². The number of nitrogens with one attached hydrogen (secondary N) is 2. The third-order valence-corrected chi connectivity index (χ3v) is 5.72. The number of rotatable bonds is 6. The summed E-state index contributed by atoms with van der Waals surface area (Å²) in [6, 6.07) is 21.6. The Balaban J connectivity index is 1.54. The second-order valence-corrected chi connectivity index (χ2v) is 7.98. The van der Waals surface area contributed by atoms with E-state index in [0.29, 0.717) is 17.0 Å². The Bertz CT molecular complexity index is 1390. The van der Waals surface area contributed by atoms with Crippen LogP contribution >= 0.6 is 23.2 Å². The monoisotopic (exact) mass is 507 g/mol. The number of carbonyl (C=O) groups excluding carboxylic acids is 2. The Morgan fingerprint density at radius 1 is 0.971 bits per heavy atom. The van der Waals surface area contributed by atoms with Gasteiger partial charge >= 0.3 is 11.8 Å². The average Bonchev–Trinajstić information content (AvgIpc) is 3.31. The molecule has 0 saturated heterocycles. The molecule has 4 rings (SSSR count). The first kappa shape index (κ1) is 24.0. The molecule has 0 aliphatic heterocycles. The van der Waals surface area contributed by atoms with E-state index in [4.69, 9.17) is 27.9 Å². The second-order valence-electron chi connectivity index (χ2n) is 7.20. The van der Waals surface area contributed by atoms with Gasteiger partial charge in [0.05, 0.1) is 34.7 Å². The van der Waals surface area contributed by atoms with Crippen LogP contribution in [0.5, 0.6) is 5.75 Å². The molecule has 1 aromatic heterocycles. The molecule has 0 saturated carbocycles. The molecule has 0 atom stereocenters. The fourth-order valence-corrected chi connectivity index (χ4v) is 3.51. The van der Waals surface area contributed by atoms with Gasteiger partial charge in [0.25, 0.3) is 0 Å². The number of halogens is 2. The van der Waals surface area contributed by atoms with Crippen molar-refractivity contribution in [2.75, 3.05) is 12.4 Å². The molecule has 35 heavy (non-hydrogen) atoms. The largest absolute Gasteiger partial charge is 0.497 e. The van der Waals surface area contributed by atoms with Crippen molar-refractivity contribution < 1.29 is 14.3 Å². The van der Waals surface area contributed by atoms with Gasteiger partial charge in [0.1, 0.15) is 11.4 Å². The van der Waals surface area contributed by atoms with Crippen LogP contribution in [0.2, 0.25) is 10.0 Å². The van der Waals surface area contributed by atoms with Crippen molar-refractivity contribution in [1.82, 2.24) is 15.2 Å². The quantitative estimate of drug-likeness (QED) is 0.219. The average molecular weight is 508 g/mol. The lowest BCUT2D eigenvalue weighted by Gasteiger charge is -2.06. The number of ether oxygens (including phenoxy) is 1. The van der Waals surface area contributed by atoms with Gasteiger partial charge in [-0.3, -0.25) is 9.59 Å². The third kappa shape index (κ3) is 5.68. The molecule has 0 fully saturated rings. The van der Waals surface area contributed by atoms with Crippen LogP contribution in [0.1, 0.15) is 5.56 Å². The number of hydrogen-bond donors (Lipinski definition) is 2. The second kappa shape index (κ2) is 10.9. The number of aromatic nitrogens is 2. The van der Waals surface area contributed by atoms with Gasteiger partial charge in [0, 0.05) is 17.3 Å². The van der Waals surface area contributed by atoms with Crippen molar-refractivity contribution in [3.05, 3.63) is 94.6 Å². The number of methoxy groups -OCH3 is 1. The number of anilines is 1. The van der Waals surface area contributed by atoms with Gasteiger partial charge < -0.3 is 10.1 Å². The van der Waals surface area contributed by atoms with E-state index >= 15 is 0 Å². The van der Waals surface area contributed by atoms with Crippen LogP contribution in [0.15, 0.2) is 84.1 Å². The van der Waals surface area contributed by atoms with E-state index in [-0.39, 0.29) is 15.7 Å². The first-order chi connectivity index (χ1) is 17.0. The molecule has 176 valence electrons. The molecule has 0 radical (unpaired) electrons. The van der Waals surface area contributed by atoms with Gasteiger partial charge in [0.15, 0.2) is 0 Å². The molecule has 8 nitrogen and oxygen atoms in total. The number of nitrogens with zero attached hydrogens (tertiary/aromatic N) is 3. The lowest BCUT2D eigenvalue weighted by molar-refractivity contribution is -0.136. The van der Waals surface area contributed by atoms with Crippen LogP contribution in [-0.4, -0.2) is 34.9 Å². The Morgan fingerprint density at radius 3 is 2.43 bits per heavy atom. The van der Waals surface area contributed by atoms with Crippen molar-refractivity contribution in [2.24, 2.45) is 5.10 Å². The third-order valence-electron chi connectivity index (χ3n) is 4.90. The topological polar surface area (TPSA) is 97.6 Å². The van der Waals surface area contributed by atoms with Gasteiger partial charge in [-0.2, -0.15) is 10.2 Å². The molecule has 2 amide bonds. The summed E-state index contributed by atoms with van der Waals surface area (Å²) in [5.74, 6) is -1.20. The molecule has 0 aliphatic carbocycles. The minimum Gasteiger partial charge on any atom is -0.497 e. The summed E-state index contributed by atoms with van der Waals surface area (Å²) in [6.45, 7) is 0.